The quantitative estimate of drug-likeness (QED) is 0.472. The molecule has 1 aromatic heterocycles. The lowest BCUT2D eigenvalue weighted by Crippen LogP contribution is -2.39. The predicted molar refractivity (Wildman–Crippen MR) is 137 cm³/mol. The van der Waals surface area contributed by atoms with Crippen molar-refractivity contribution < 1.29 is 9.18 Å². The number of piperidine rings is 1. The van der Waals surface area contributed by atoms with Crippen LogP contribution in [0.3, 0.4) is 0 Å². The second kappa shape index (κ2) is 10.7. The van der Waals surface area contributed by atoms with Gasteiger partial charge in [0.05, 0.1) is 5.69 Å². The van der Waals surface area contributed by atoms with Crippen LogP contribution < -0.4 is 15.5 Å². The van der Waals surface area contributed by atoms with Gasteiger partial charge in [-0.3, -0.25) is 9.78 Å². The van der Waals surface area contributed by atoms with Gasteiger partial charge in [-0.1, -0.05) is 19.1 Å². The van der Waals surface area contributed by atoms with E-state index in [0.717, 1.165) is 54.1 Å². The molecule has 34 heavy (non-hydrogen) atoms. The molecule has 2 aromatic carbocycles. The number of pyridine rings is 1. The van der Waals surface area contributed by atoms with Crippen LogP contribution in [0.4, 0.5) is 21.5 Å². The fourth-order valence-corrected chi connectivity index (χ4v) is 4.50. The van der Waals surface area contributed by atoms with Gasteiger partial charge in [0.2, 0.25) is 5.91 Å². The lowest BCUT2D eigenvalue weighted by Gasteiger charge is -2.34. The van der Waals surface area contributed by atoms with E-state index in [1.54, 1.807) is 12.3 Å². The molecule has 0 aliphatic carbocycles. The number of rotatable bonds is 7. The normalized spacial score (nSPS) is 15.1. The Kier molecular flexibility index (Phi) is 7.46. The molecule has 1 saturated heterocycles. The molecule has 0 bridgehead atoms. The number of hydrogen-bond acceptors (Lipinski definition) is 4. The second-order valence-corrected chi connectivity index (χ2v) is 9.26. The van der Waals surface area contributed by atoms with Crippen molar-refractivity contribution in [3.8, 4) is 0 Å². The highest BCUT2D eigenvalue weighted by Gasteiger charge is 2.21. The van der Waals surface area contributed by atoms with Crippen molar-refractivity contribution in [3.05, 3.63) is 83.4 Å². The van der Waals surface area contributed by atoms with Crippen molar-refractivity contribution >= 4 is 23.0 Å². The Labute approximate surface area is 201 Å². The molecule has 0 radical (unpaired) electrons. The Hall–Kier alpha value is -3.41. The van der Waals surface area contributed by atoms with Gasteiger partial charge >= 0.3 is 0 Å². The predicted octanol–water partition coefficient (Wildman–Crippen LogP) is 5.74. The molecule has 1 aliphatic rings. The van der Waals surface area contributed by atoms with E-state index in [4.69, 9.17) is 0 Å². The van der Waals surface area contributed by atoms with Gasteiger partial charge < -0.3 is 15.5 Å². The largest absolute Gasteiger partial charge is 0.381 e. The van der Waals surface area contributed by atoms with Crippen LogP contribution in [0.1, 0.15) is 36.5 Å². The van der Waals surface area contributed by atoms with Gasteiger partial charge in [0.25, 0.3) is 0 Å². The van der Waals surface area contributed by atoms with Crippen LogP contribution in [0.15, 0.2) is 60.9 Å². The van der Waals surface area contributed by atoms with Crippen LogP contribution in [0.5, 0.6) is 0 Å². The standard InChI is InChI=1S/C28H33FN4O/c1-19-9-10-27(29)26(21(19)3)16-20(2)28(34)32-23-6-4-8-25(17-23)33-14-11-22(12-15-33)31-24-7-5-13-30-18-24/h4-10,13,17-18,20,22,31H,11-12,14-16H2,1-3H3,(H,32,34). The summed E-state index contributed by atoms with van der Waals surface area (Å²) in [5, 5.41) is 6.59. The number of carbonyl (C=O) groups excluding carboxylic acids is 1. The lowest BCUT2D eigenvalue weighted by molar-refractivity contribution is -0.119. The molecule has 0 spiro atoms. The molecule has 1 fully saturated rings. The summed E-state index contributed by atoms with van der Waals surface area (Å²) >= 11 is 0. The first-order valence-corrected chi connectivity index (χ1v) is 12.0. The number of hydrogen-bond donors (Lipinski definition) is 2. The SMILES string of the molecule is Cc1ccc(F)c(CC(C)C(=O)Nc2cccc(N3CCC(Nc4cccnc4)CC3)c2)c1C. The van der Waals surface area contributed by atoms with E-state index in [-0.39, 0.29) is 17.6 Å². The van der Waals surface area contributed by atoms with Crippen molar-refractivity contribution in [3.63, 3.8) is 0 Å². The Bertz CT molecular complexity index is 1130. The average molecular weight is 461 g/mol. The highest BCUT2D eigenvalue weighted by Crippen LogP contribution is 2.26. The summed E-state index contributed by atoms with van der Waals surface area (Å²) in [7, 11) is 0. The smallest absolute Gasteiger partial charge is 0.227 e. The van der Waals surface area contributed by atoms with Gasteiger partial charge in [-0.05, 0) is 86.2 Å². The second-order valence-electron chi connectivity index (χ2n) is 9.26. The average Bonchev–Trinajstić information content (AvgIpc) is 2.85. The van der Waals surface area contributed by atoms with Gasteiger partial charge in [-0.2, -0.15) is 0 Å². The third kappa shape index (κ3) is 5.74. The molecule has 1 aliphatic heterocycles. The molecule has 1 amide bonds. The molecule has 6 heteroatoms. The minimum absolute atomic E-state index is 0.100. The van der Waals surface area contributed by atoms with Crippen molar-refractivity contribution in [1.82, 2.24) is 4.98 Å². The first kappa shape index (κ1) is 23.7. The molecule has 178 valence electrons. The molecule has 2 N–H and O–H groups in total. The Morgan fingerprint density at radius 1 is 1.12 bits per heavy atom. The molecular weight excluding hydrogens is 427 g/mol. The molecule has 4 rings (SSSR count). The molecule has 0 saturated carbocycles. The van der Waals surface area contributed by atoms with Crippen molar-refractivity contribution in [1.29, 1.82) is 0 Å². The molecule has 1 unspecified atom stereocenters. The molecule has 5 nitrogen and oxygen atoms in total. The number of halogens is 1. The summed E-state index contributed by atoms with van der Waals surface area (Å²) in [4.78, 5) is 19.4. The number of anilines is 3. The van der Waals surface area contributed by atoms with Gasteiger partial charge in [0.15, 0.2) is 0 Å². The number of aromatic nitrogens is 1. The van der Waals surface area contributed by atoms with Crippen LogP contribution >= 0.6 is 0 Å². The Morgan fingerprint density at radius 3 is 2.62 bits per heavy atom. The molecular formula is C28H33FN4O. The summed E-state index contributed by atoms with van der Waals surface area (Å²) in [5.74, 6) is -0.684. The lowest BCUT2D eigenvalue weighted by atomic mass is 9.94. The minimum atomic E-state index is -0.340. The fraction of sp³-hybridized carbons (Fsp3) is 0.357. The van der Waals surface area contributed by atoms with Gasteiger partial charge in [0.1, 0.15) is 5.82 Å². The first-order chi connectivity index (χ1) is 16.4. The van der Waals surface area contributed by atoms with Crippen LogP contribution in [0, 0.1) is 25.6 Å². The van der Waals surface area contributed by atoms with E-state index in [9.17, 15) is 9.18 Å². The first-order valence-electron chi connectivity index (χ1n) is 12.0. The summed E-state index contributed by atoms with van der Waals surface area (Å²) in [5.41, 5.74) is 5.51. The van der Waals surface area contributed by atoms with E-state index in [2.05, 4.69) is 26.6 Å². The number of amides is 1. The van der Waals surface area contributed by atoms with Crippen molar-refractivity contribution in [2.45, 2.75) is 46.1 Å². The van der Waals surface area contributed by atoms with E-state index in [1.165, 1.54) is 6.07 Å². The zero-order valence-electron chi connectivity index (χ0n) is 20.1. The van der Waals surface area contributed by atoms with Crippen LogP contribution in [0.2, 0.25) is 0 Å². The fourth-order valence-electron chi connectivity index (χ4n) is 4.50. The zero-order valence-corrected chi connectivity index (χ0v) is 20.1. The number of benzene rings is 2. The maximum atomic E-state index is 14.3. The monoisotopic (exact) mass is 460 g/mol. The maximum Gasteiger partial charge on any atom is 0.227 e. The topological polar surface area (TPSA) is 57.3 Å². The highest BCUT2D eigenvalue weighted by molar-refractivity contribution is 5.93. The number of nitrogens with one attached hydrogen (secondary N) is 2. The third-order valence-electron chi connectivity index (χ3n) is 6.78. The zero-order chi connectivity index (χ0) is 24.1. The summed E-state index contributed by atoms with van der Waals surface area (Å²) in [6.45, 7) is 7.61. The molecule has 1 atom stereocenters. The van der Waals surface area contributed by atoms with E-state index >= 15 is 0 Å². The summed E-state index contributed by atoms with van der Waals surface area (Å²) < 4.78 is 14.3. The maximum absolute atomic E-state index is 14.3. The number of nitrogens with zero attached hydrogens (tertiary/aromatic N) is 2. The highest BCUT2D eigenvalue weighted by atomic mass is 19.1. The number of carbonyl (C=O) groups is 1. The van der Waals surface area contributed by atoms with E-state index < -0.39 is 0 Å². The minimum Gasteiger partial charge on any atom is -0.381 e. The Balaban J connectivity index is 1.34. The van der Waals surface area contributed by atoms with Crippen LogP contribution in [-0.2, 0) is 11.2 Å². The van der Waals surface area contributed by atoms with Gasteiger partial charge in [-0.25, -0.2) is 4.39 Å². The van der Waals surface area contributed by atoms with E-state index in [1.807, 2.05) is 57.3 Å². The Morgan fingerprint density at radius 2 is 1.88 bits per heavy atom. The third-order valence-corrected chi connectivity index (χ3v) is 6.78. The summed E-state index contributed by atoms with van der Waals surface area (Å²) in [6.07, 6.45) is 6.08. The molecule has 3 aromatic rings. The van der Waals surface area contributed by atoms with Gasteiger partial charge in [0, 0.05) is 48.8 Å². The number of aryl methyl sites for hydroxylation is 1. The summed E-state index contributed by atoms with van der Waals surface area (Å²) in [6, 6.07) is 15.7. The van der Waals surface area contributed by atoms with Crippen LogP contribution in [0.25, 0.3) is 0 Å². The van der Waals surface area contributed by atoms with Crippen molar-refractivity contribution in [2.24, 2.45) is 5.92 Å². The van der Waals surface area contributed by atoms with Crippen LogP contribution in [-0.4, -0.2) is 30.0 Å². The van der Waals surface area contributed by atoms with Crippen molar-refractivity contribution in [2.75, 3.05) is 28.6 Å². The molecule has 2 heterocycles. The van der Waals surface area contributed by atoms with Gasteiger partial charge in [-0.15, -0.1) is 0 Å². The van der Waals surface area contributed by atoms with E-state index in [0.29, 0.717) is 18.0 Å².